The smallest absolute Gasteiger partial charge is 0.303 e. The van der Waals surface area contributed by atoms with Crippen LogP contribution in [0.5, 0.6) is 0 Å². The molecule has 0 spiro atoms. The quantitative estimate of drug-likeness (QED) is 0.239. The van der Waals surface area contributed by atoms with Crippen molar-refractivity contribution in [2.75, 3.05) is 13.2 Å². The van der Waals surface area contributed by atoms with Crippen molar-refractivity contribution < 1.29 is 42.9 Å². The van der Waals surface area contributed by atoms with Crippen molar-refractivity contribution in [1.82, 2.24) is 0 Å². The zero-order chi connectivity index (χ0) is 22.4. The van der Waals surface area contributed by atoms with Gasteiger partial charge in [0.25, 0.3) is 0 Å². The SMILES string of the molecule is C=CC(CC(COC(C)=O)OC(C)=O)OC(C=C)CC(COC(C)=O)OC(C)=O. The van der Waals surface area contributed by atoms with Crippen LogP contribution in [0.4, 0.5) is 0 Å². The Hall–Kier alpha value is -2.68. The van der Waals surface area contributed by atoms with Gasteiger partial charge in [0.05, 0.1) is 12.2 Å². The molecule has 0 aromatic carbocycles. The number of hydrogen-bond acceptors (Lipinski definition) is 9. The number of esters is 4. The van der Waals surface area contributed by atoms with Crippen LogP contribution in [0.15, 0.2) is 25.3 Å². The molecule has 0 aliphatic carbocycles. The Labute approximate surface area is 171 Å². The minimum atomic E-state index is -0.727. The summed E-state index contributed by atoms with van der Waals surface area (Å²) in [5, 5.41) is 0. The van der Waals surface area contributed by atoms with Crippen molar-refractivity contribution in [3.05, 3.63) is 25.3 Å². The van der Waals surface area contributed by atoms with Gasteiger partial charge in [-0.2, -0.15) is 0 Å². The van der Waals surface area contributed by atoms with Gasteiger partial charge >= 0.3 is 23.9 Å². The molecule has 0 amide bonds. The van der Waals surface area contributed by atoms with Gasteiger partial charge in [-0.1, -0.05) is 12.2 Å². The van der Waals surface area contributed by atoms with Crippen LogP contribution in [-0.2, 0) is 42.9 Å². The number of ether oxygens (including phenoxy) is 5. The first kappa shape index (κ1) is 26.3. The molecular formula is C20H30O9. The van der Waals surface area contributed by atoms with Crippen molar-refractivity contribution in [3.8, 4) is 0 Å². The topological polar surface area (TPSA) is 114 Å². The monoisotopic (exact) mass is 414 g/mol. The molecule has 0 fully saturated rings. The molecule has 0 heterocycles. The number of carbonyl (C=O) groups excluding carboxylic acids is 4. The molecule has 0 saturated heterocycles. The van der Waals surface area contributed by atoms with E-state index in [0.29, 0.717) is 0 Å². The molecule has 9 heteroatoms. The summed E-state index contributed by atoms with van der Waals surface area (Å²) >= 11 is 0. The Morgan fingerprint density at radius 2 is 1.03 bits per heavy atom. The highest BCUT2D eigenvalue weighted by atomic mass is 16.6. The van der Waals surface area contributed by atoms with Gasteiger partial charge in [-0.05, 0) is 0 Å². The Bertz CT molecular complexity index is 535. The summed E-state index contributed by atoms with van der Waals surface area (Å²) in [6.07, 6.45) is 0.771. The minimum absolute atomic E-state index is 0.121. The summed E-state index contributed by atoms with van der Waals surface area (Å²) in [6.45, 7) is 12.1. The molecule has 4 atom stereocenters. The van der Waals surface area contributed by atoms with Gasteiger partial charge in [0.15, 0.2) is 0 Å². The summed E-state index contributed by atoms with van der Waals surface area (Å²) in [4.78, 5) is 44.6. The Kier molecular flexibility index (Phi) is 13.0. The average molecular weight is 414 g/mol. The first-order valence-electron chi connectivity index (χ1n) is 9.09. The van der Waals surface area contributed by atoms with E-state index in [1.54, 1.807) is 0 Å². The van der Waals surface area contributed by atoms with Crippen molar-refractivity contribution >= 4 is 23.9 Å². The Morgan fingerprint density at radius 3 is 1.28 bits per heavy atom. The molecule has 29 heavy (non-hydrogen) atoms. The lowest BCUT2D eigenvalue weighted by Crippen LogP contribution is -2.33. The summed E-state index contributed by atoms with van der Waals surface area (Å²) in [7, 11) is 0. The van der Waals surface area contributed by atoms with Crippen LogP contribution in [0.25, 0.3) is 0 Å². The van der Waals surface area contributed by atoms with Gasteiger partial charge in [-0.15, -0.1) is 13.2 Å². The van der Waals surface area contributed by atoms with Crippen LogP contribution in [0.3, 0.4) is 0 Å². The molecule has 0 saturated carbocycles. The normalized spacial score (nSPS) is 14.5. The van der Waals surface area contributed by atoms with Crippen molar-refractivity contribution in [2.24, 2.45) is 0 Å². The summed E-state index contributed by atoms with van der Waals surface area (Å²) in [5.74, 6) is -2.06. The van der Waals surface area contributed by atoms with Crippen LogP contribution in [0.2, 0.25) is 0 Å². The molecule has 164 valence electrons. The van der Waals surface area contributed by atoms with E-state index in [1.807, 2.05) is 0 Å². The lowest BCUT2D eigenvalue weighted by molar-refractivity contribution is -0.160. The van der Waals surface area contributed by atoms with Crippen molar-refractivity contribution in [3.63, 3.8) is 0 Å². The van der Waals surface area contributed by atoms with E-state index in [0.717, 1.165) is 0 Å². The second-order valence-corrected chi connectivity index (χ2v) is 6.22. The maximum atomic E-state index is 11.3. The molecular weight excluding hydrogens is 384 g/mol. The zero-order valence-electron chi connectivity index (χ0n) is 17.4. The summed E-state index contributed by atoms with van der Waals surface area (Å²) in [6, 6.07) is 0. The maximum Gasteiger partial charge on any atom is 0.303 e. The standard InChI is InChI=1S/C20H30O9/c1-7-17(9-19(27-15(5)23)11-25-13(3)21)29-18(8-2)10-20(28-16(6)24)12-26-14(4)22/h7-8,17-20H,1-2,9-12H2,3-6H3. The fraction of sp³-hybridized carbons (Fsp3) is 0.600. The van der Waals surface area contributed by atoms with E-state index < -0.39 is 48.3 Å². The van der Waals surface area contributed by atoms with E-state index >= 15 is 0 Å². The van der Waals surface area contributed by atoms with Crippen LogP contribution in [0, 0.1) is 0 Å². The largest absolute Gasteiger partial charge is 0.462 e. The molecule has 4 unspecified atom stereocenters. The van der Waals surface area contributed by atoms with E-state index in [9.17, 15) is 19.2 Å². The third-order valence-electron chi connectivity index (χ3n) is 3.48. The second-order valence-electron chi connectivity index (χ2n) is 6.22. The van der Waals surface area contributed by atoms with E-state index in [2.05, 4.69) is 13.2 Å². The third-order valence-corrected chi connectivity index (χ3v) is 3.48. The predicted molar refractivity (Wildman–Crippen MR) is 103 cm³/mol. The van der Waals surface area contributed by atoms with Gasteiger partial charge < -0.3 is 23.7 Å². The first-order valence-corrected chi connectivity index (χ1v) is 9.09. The van der Waals surface area contributed by atoms with Crippen LogP contribution >= 0.6 is 0 Å². The van der Waals surface area contributed by atoms with Gasteiger partial charge in [0, 0.05) is 40.5 Å². The Balaban J connectivity index is 5.01. The minimum Gasteiger partial charge on any atom is -0.462 e. The van der Waals surface area contributed by atoms with Crippen LogP contribution in [-0.4, -0.2) is 61.5 Å². The maximum absolute atomic E-state index is 11.3. The lowest BCUT2D eigenvalue weighted by atomic mass is 10.1. The summed E-state index contributed by atoms with van der Waals surface area (Å²) < 4.78 is 26.0. The average Bonchev–Trinajstić information content (AvgIpc) is 2.61. The molecule has 0 aromatic heterocycles. The fourth-order valence-corrected chi connectivity index (χ4v) is 2.35. The number of rotatable bonds is 14. The molecule has 0 aromatic rings. The van der Waals surface area contributed by atoms with E-state index in [4.69, 9.17) is 23.7 Å². The molecule has 9 nitrogen and oxygen atoms in total. The molecule has 0 aliphatic rings. The highest BCUT2D eigenvalue weighted by Gasteiger charge is 2.24. The molecule has 0 aliphatic heterocycles. The van der Waals surface area contributed by atoms with E-state index in [-0.39, 0.29) is 26.1 Å². The molecule has 0 radical (unpaired) electrons. The zero-order valence-corrected chi connectivity index (χ0v) is 17.4. The second kappa shape index (κ2) is 14.3. The predicted octanol–water partition coefficient (Wildman–Crippen LogP) is 1.88. The molecule has 0 N–H and O–H groups in total. The number of carbonyl (C=O) groups is 4. The highest BCUT2D eigenvalue weighted by Crippen LogP contribution is 2.16. The molecule has 0 rings (SSSR count). The molecule has 0 bridgehead atoms. The van der Waals surface area contributed by atoms with Gasteiger partial charge in [-0.3, -0.25) is 19.2 Å². The van der Waals surface area contributed by atoms with Crippen LogP contribution < -0.4 is 0 Å². The van der Waals surface area contributed by atoms with Crippen molar-refractivity contribution in [2.45, 2.75) is 65.0 Å². The summed E-state index contributed by atoms with van der Waals surface area (Å²) in [5.41, 5.74) is 0. The third kappa shape index (κ3) is 14.0. The highest BCUT2D eigenvalue weighted by molar-refractivity contribution is 5.67. The van der Waals surface area contributed by atoms with E-state index in [1.165, 1.54) is 39.8 Å². The van der Waals surface area contributed by atoms with Gasteiger partial charge in [0.1, 0.15) is 25.4 Å². The fourth-order valence-electron chi connectivity index (χ4n) is 2.35. The lowest BCUT2D eigenvalue weighted by Gasteiger charge is -2.26. The Morgan fingerprint density at radius 1 is 0.690 bits per heavy atom. The first-order chi connectivity index (χ1) is 13.6. The number of hydrogen-bond donors (Lipinski definition) is 0. The van der Waals surface area contributed by atoms with Gasteiger partial charge in [0.2, 0.25) is 0 Å². The van der Waals surface area contributed by atoms with Gasteiger partial charge in [-0.25, -0.2) is 0 Å². The van der Waals surface area contributed by atoms with Crippen LogP contribution in [0.1, 0.15) is 40.5 Å². The van der Waals surface area contributed by atoms with Crippen molar-refractivity contribution in [1.29, 1.82) is 0 Å².